The van der Waals surface area contributed by atoms with E-state index in [4.69, 9.17) is 4.74 Å². The molecule has 1 aliphatic heterocycles. The molecule has 1 heterocycles. The first-order valence-corrected chi connectivity index (χ1v) is 7.80. The van der Waals surface area contributed by atoms with Crippen LogP contribution in [0, 0.1) is 5.82 Å². The number of halogens is 5. The highest BCUT2D eigenvalue weighted by Gasteiger charge is 2.56. The van der Waals surface area contributed by atoms with Crippen molar-refractivity contribution in [2.75, 3.05) is 7.11 Å². The van der Waals surface area contributed by atoms with Crippen molar-refractivity contribution in [1.82, 2.24) is 0 Å². The fourth-order valence-corrected chi connectivity index (χ4v) is 3.10. The van der Waals surface area contributed by atoms with E-state index in [0.29, 0.717) is 11.4 Å². The van der Waals surface area contributed by atoms with E-state index in [1.54, 1.807) is 0 Å². The van der Waals surface area contributed by atoms with Crippen molar-refractivity contribution in [3.63, 3.8) is 0 Å². The van der Waals surface area contributed by atoms with Gasteiger partial charge in [0.15, 0.2) is 0 Å². The molecule has 2 nitrogen and oxygen atoms in total. The highest BCUT2D eigenvalue weighted by Crippen LogP contribution is 2.47. The topological polar surface area (TPSA) is 21.6 Å². The van der Waals surface area contributed by atoms with Crippen molar-refractivity contribution in [2.24, 2.45) is 4.99 Å². The molecule has 0 bridgehead atoms. The lowest BCUT2D eigenvalue weighted by Crippen LogP contribution is -2.47. The number of ether oxygens (including phenoxy) is 1. The van der Waals surface area contributed by atoms with Crippen LogP contribution in [-0.4, -0.2) is 19.5 Å². The normalized spacial score (nSPS) is 19.9. The van der Waals surface area contributed by atoms with Crippen LogP contribution < -0.4 is 4.74 Å². The van der Waals surface area contributed by atoms with E-state index in [1.807, 2.05) is 0 Å². The molecule has 1 aliphatic rings. The fourth-order valence-electron chi connectivity index (χ4n) is 2.77. The molecule has 0 unspecified atom stereocenters. The van der Waals surface area contributed by atoms with Gasteiger partial charge in [-0.3, -0.25) is 4.99 Å². The molecule has 3 rings (SSSR count). The Morgan fingerprint density at radius 1 is 1.17 bits per heavy atom. The summed E-state index contributed by atoms with van der Waals surface area (Å²) in [6, 6.07) is 8.13. The molecule has 24 heavy (non-hydrogen) atoms. The van der Waals surface area contributed by atoms with Gasteiger partial charge in [0.05, 0.1) is 17.3 Å². The highest BCUT2D eigenvalue weighted by molar-refractivity contribution is 9.10. The summed E-state index contributed by atoms with van der Waals surface area (Å²) >= 11 is 3.02. The lowest BCUT2D eigenvalue weighted by atomic mass is 9.74. The number of nitrogens with zero attached hydrogens (tertiary/aromatic N) is 1. The van der Waals surface area contributed by atoms with E-state index in [9.17, 15) is 17.6 Å². The molecule has 0 radical (unpaired) electrons. The first-order valence-electron chi connectivity index (χ1n) is 7.01. The van der Waals surface area contributed by atoms with Crippen molar-refractivity contribution >= 4 is 27.8 Å². The lowest BCUT2D eigenvalue weighted by molar-refractivity contribution is -0.168. The van der Waals surface area contributed by atoms with Crippen LogP contribution in [0.2, 0.25) is 0 Å². The van der Waals surface area contributed by atoms with Gasteiger partial charge < -0.3 is 4.74 Å². The van der Waals surface area contributed by atoms with Crippen molar-refractivity contribution in [3.05, 3.63) is 57.8 Å². The maximum atomic E-state index is 13.9. The predicted octanol–water partition coefficient (Wildman–Crippen LogP) is 5.36. The van der Waals surface area contributed by atoms with E-state index in [0.717, 1.165) is 12.3 Å². The van der Waals surface area contributed by atoms with E-state index < -0.39 is 23.8 Å². The molecule has 0 aliphatic carbocycles. The minimum Gasteiger partial charge on any atom is -0.497 e. The minimum atomic E-state index is -4.58. The molecule has 0 aromatic heterocycles. The zero-order chi connectivity index (χ0) is 17.5. The van der Waals surface area contributed by atoms with Gasteiger partial charge in [0.2, 0.25) is 0 Å². The van der Waals surface area contributed by atoms with Crippen molar-refractivity contribution in [2.45, 2.75) is 18.0 Å². The number of alkyl halides is 3. The first kappa shape index (κ1) is 17.0. The van der Waals surface area contributed by atoms with Gasteiger partial charge in [0, 0.05) is 6.21 Å². The smallest absolute Gasteiger partial charge is 0.403 e. The van der Waals surface area contributed by atoms with Crippen molar-refractivity contribution in [1.29, 1.82) is 0 Å². The average molecular weight is 402 g/mol. The first-order chi connectivity index (χ1) is 11.3. The zero-order valence-corrected chi connectivity index (χ0v) is 14.1. The maximum Gasteiger partial charge on any atom is 0.403 e. The van der Waals surface area contributed by atoms with Gasteiger partial charge >= 0.3 is 6.18 Å². The standard InChI is InChI=1S/C17H12BrF4NO/c1-24-12-4-2-11(3-5-12)16(17(20,21)22)8-10-6-14(19)13(18)7-15(10)23-9-16/h2-7,9H,8H2,1H3/t16-/m0/s1. The van der Waals surface area contributed by atoms with Crippen LogP contribution in [0.1, 0.15) is 11.1 Å². The van der Waals surface area contributed by atoms with E-state index in [-0.39, 0.29) is 15.6 Å². The summed E-state index contributed by atoms with van der Waals surface area (Å²) in [5.41, 5.74) is -1.72. The molecule has 2 aromatic rings. The number of rotatable bonds is 2. The van der Waals surface area contributed by atoms with E-state index in [2.05, 4.69) is 20.9 Å². The number of hydrogen-bond acceptors (Lipinski definition) is 2. The largest absolute Gasteiger partial charge is 0.497 e. The van der Waals surface area contributed by atoms with Crippen molar-refractivity contribution in [3.8, 4) is 5.75 Å². The van der Waals surface area contributed by atoms with E-state index in [1.165, 1.54) is 37.4 Å². The van der Waals surface area contributed by atoms with Crippen LogP contribution in [0.25, 0.3) is 0 Å². The van der Waals surface area contributed by atoms with Gasteiger partial charge in [-0.05, 0) is 57.7 Å². The molecular weight excluding hydrogens is 390 g/mol. The van der Waals surface area contributed by atoms with E-state index >= 15 is 0 Å². The molecule has 7 heteroatoms. The Morgan fingerprint density at radius 3 is 2.42 bits per heavy atom. The molecule has 0 N–H and O–H groups in total. The predicted molar refractivity (Wildman–Crippen MR) is 86.7 cm³/mol. The Kier molecular flexibility index (Phi) is 4.15. The highest BCUT2D eigenvalue weighted by atomic mass is 79.9. The van der Waals surface area contributed by atoms with Gasteiger partial charge in [-0.2, -0.15) is 13.2 Å². The molecule has 0 amide bonds. The second-order valence-corrected chi connectivity index (χ2v) is 6.38. The number of benzene rings is 2. The van der Waals surface area contributed by atoms with Gasteiger partial charge in [-0.1, -0.05) is 12.1 Å². The molecule has 0 fully saturated rings. The van der Waals surface area contributed by atoms with Gasteiger partial charge in [0.1, 0.15) is 17.0 Å². The summed E-state index contributed by atoms with van der Waals surface area (Å²) in [4.78, 5) is 3.96. The molecule has 1 atom stereocenters. The molecule has 0 saturated carbocycles. The maximum absolute atomic E-state index is 13.9. The quantitative estimate of drug-likeness (QED) is 0.621. The molecule has 2 aromatic carbocycles. The van der Waals surface area contributed by atoms with Crippen LogP contribution in [-0.2, 0) is 11.8 Å². The number of methoxy groups -OCH3 is 1. The van der Waals surface area contributed by atoms with Crippen molar-refractivity contribution < 1.29 is 22.3 Å². The number of aliphatic imine (C=N–C) groups is 1. The third-order valence-electron chi connectivity index (χ3n) is 4.13. The zero-order valence-electron chi connectivity index (χ0n) is 12.5. The van der Waals surface area contributed by atoms with Crippen LogP contribution in [0.4, 0.5) is 23.2 Å². The second kappa shape index (κ2) is 5.88. The summed E-state index contributed by atoms with van der Waals surface area (Å²) < 4.78 is 60.7. The molecule has 0 spiro atoms. The number of hydrogen-bond donors (Lipinski definition) is 0. The van der Waals surface area contributed by atoms with Gasteiger partial charge in [-0.15, -0.1) is 0 Å². The Bertz CT molecular complexity index is 801. The summed E-state index contributed by atoms with van der Waals surface area (Å²) in [7, 11) is 1.44. The second-order valence-electron chi connectivity index (χ2n) is 5.53. The summed E-state index contributed by atoms with van der Waals surface area (Å²) in [5, 5.41) is 0. The Balaban J connectivity index is 2.14. The Labute approximate surface area is 144 Å². The molecule has 0 saturated heterocycles. The summed E-state index contributed by atoms with van der Waals surface area (Å²) in [5.74, 6) is -0.157. The molecule has 126 valence electrons. The summed E-state index contributed by atoms with van der Waals surface area (Å²) in [6.45, 7) is 0. The minimum absolute atomic E-state index is 0.0357. The van der Waals surface area contributed by atoms with Crippen LogP contribution in [0.15, 0.2) is 45.9 Å². The van der Waals surface area contributed by atoms with Gasteiger partial charge in [-0.25, -0.2) is 4.39 Å². The Morgan fingerprint density at radius 2 is 1.83 bits per heavy atom. The lowest BCUT2D eigenvalue weighted by Gasteiger charge is -2.35. The SMILES string of the molecule is COc1ccc([C@@]2(C(F)(F)F)C=Nc3cc(Br)c(F)cc3C2)cc1. The average Bonchev–Trinajstić information content (AvgIpc) is 2.54. The fraction of sp³-hybridized carbons (Fsp3) is 0.235. The number of fused-ring (bicyclic) bond motifs is 1. The Hall–Kier alpha value is -1.89. The van der Waals surface area contributed by atoms with Crippen LogP contribution >= 0.6 is 15.9 Å². The third kappa shape index (κ3) is 2.70. The summed E-state index contributed by atoms with van der Waals surface area (Å²) in [6.07, 6.45) is -4.08. The third-order valence-corrected chi connectivity index (χ3v) is 4.73. The van der Waals surface area contributed by atoms with Gasteiger partial charge in [0.25, 0.3) is 0 Å². The monoisotopic (exact) mass is 401 g/mol. The van der Waals surface area contributed by atoms with Crippen LogP contribution in [0.3, 0.4) is 0 Å². The van der Waals surface area contributed by atoms with Crippen LogP contribution in [0.5, 0.6) is 5.75 Å². The molecular formula is C17H12BrF4NO.